The summed E-state index contributed by atoms with van der Waals surface area (Å²) in [6, 6.07) is 9.85. The summed E-state index contributed by atoms with van der Waals surface area (Å²) in [4.78, 5) is 2.30. The largest absolute Gasteiger partial charge is 0.244 e. The Kier molecular flexibility index (Phi) is 4.86. The zero-order valence-corrected chi connectivity index (χ0v) is 14.5. The van der Waals surface area contributed by atoms with Crippen molar-refractivity contribution in [2.24, 2.45) is 0 Å². The topological polar surface area (TPSA) is 37.4 Å². The Morgan fingerprint density at radius 1 is 1.10 bits per heavy atom. The Morgan fingerprint density at radius 2 is 1.67 bits per heavy atom. The lowest BCUT2D eigenvalue weighted by molar-refractivity contribution is 0.466. The highest BCUT2D eigenvalue weighted by atomic mass is 32.2. The molecule has 0 fully saturated rings. The lowest BCUT2D eigenvalue weighted by atomic mass is 10.1. The van der Waals surface area contributed by atoms with E-state index in [1.54, 1.807) is 13.1 Å². The van der Waals surface area contributed by atoms with Crippen molar-refractivity contribution in [3.05, 3.63) is 51.2 Å². The van der Waals surface area contributed by atoms with Crippen molar-refractivity contribution in [2.45, 2.75) is 38.6 Å². The number of hydrogen-bond donors (Lipinski definition) is 0. The van der Waals surface area contributed by atoms with Gasteiger partial charge >= 0.3 is 0 Å². The Balaban J connectivity index is 2.22. The molecule has 0 saturated heterocycles. The van der Waals surface area contributed by atoms with Crippen molar-refractivity contribution in [3.63, 3.8) is 0 Å². The van der Waals surface area contributed by atoms with Crippen LogP contribution in [0.3, 0.4) is 0 Å². The second-order valence-corrected chi connectivity index (χ2v) is 8.68. The van der Waals surface area contributed by atoms with E-state index in [1.165, 1.54) is 21.2 Å². The highest BCUT2D eigenvalue weighted by molar-refractivity contribution is 7.89. The van der Waals surface area contributed by atoms with Crippen molar-refractivity contribution in [2.75, 3.05) is 7.05 Å². The van der Waals surface area contributed by atoms with Crippen LogP contribution in [0.5, 0.6) is 0 Å². The van der Waals surface area contributed by atoms with Gasteiger partial charge in [-0.1, -0.05) is 31.2 Å². The van der Waals surface area contributed by atoms with Crippen LogP contribution >= 0.6 is 11.3 Å². The second kappa shape index (κ2) is 6.30. The zero-order chi connectivity index (χ0) is 15.6. The van der Waals surface area contributed by atoms with Gasteiger partial charge in [0.05, 0.1) is 4.90 Å². The summed E-state index contributed by atoms with van der Waals surface area (Å²) in [6.07, 6.45) is 0.988. The van der Waals surface area contributed by atoms with E-state index in [2.05, 4.69) is 19.1 Å². The van der Waals surface area contributed by atoms with Crippen molar-refractivity contribution < 1.29 is 8.42 Å². The first-order chi connectivity index (χ1) is 9.84. The molecule has 1 heterocycles. The number of sulfonamides is 1. The third kappa shape index (κ3) is 3.54. The molecule has 5 heteroatoms. The maximum absolute atomic E-state index is 12.6. The molecule has 0 aliphatic heterocycles. The maximum Gasteiger partial charge on any atom is 0.244 e. The van der Waals surface area contributed by atoms with E-state index in [9.17, 15) is 8.42 Å². The van der Waals surface area contributed by atoms with E-state index >= 15 is 0 Å². The second-order valence-electron chi connectivity index (χ2n) is 5.21. The zero-order valence-electron chi connectivity index (χ0n) is 12.9. The molecule has 0 N–H and O–H groups in total. The summed E-state index contributed by atoms with van der Waals surface area (Å²) in [5.41, 5.74) is 2.26. The third-order valence-corrected chi connectivity index (χ3v) is 6.54. The van der Waals surface area contributed by atoms with Crippen LogP contribution in [0, 0.1) is 13.8 Å². The average molecular weight is 323 g/mol. The molecular weight excluding hydrogens is 302 g/mol. The molecule has 0 atom stereocenters. The van der Waals surface area contributed by atoms with Crippen LogP contribution in [0.1, 0.15) is 27.8 Å². The highest BCUT2D eigenvalue weighted by Gasteiger charge is 2.24. The Hall–Kier alpha value is -1.17. The van der Waals surface area contributed by atoms with Crippen LogP contribution in [0.15, 0.2) is 35.2 Å². The Labute approximate surface area is 131 Å². The molecule has 0 aliphatic rings. The van der Waals surface area contributed by atoms with Crippen molar-refractivity contribution in [1.82, 2.24) is 4.31 Å². The number of rotatable bonds is 5. The molecule has 114 valence electrons. The van der Waals surface area contributed by atoms with Gasteiger partial charge in [-0.3, -0.25) is 0 Å². The van der Waals surface area contributed by atoms with E-state index < -0.39 is 10.0 Å². The van der Waals surface area contributed by atoms with E-state index in [0.717, 1.165) is 21.7 Å². The Bertz CT molecular complexity index is 715. The lowest BCUT2D eigenvalue weighted by Gasteiger charge is -2.17. The standard InChI is InChI=1S/C16H21NO2S2/c1-5-14-6-8-15(9-7-14)11-17(4)21(18,19)16-10-12(2)20-13(16)3/h6-10H,5,11H2,1-4H3. The lowest BCUT2D eigenvalue weighted by Crippen LogP contribution is -2.26. The summed E-state index contributed by atoms with van der Waals surface area (Å²) < 4.78 is 26.7. The fourth-order valence-corrected chi connectivity index (χ4v) is 4.93. The van der Waals surface area contributed by atoms with Crippen molar-refractivity contribution in [3.8, 4) is 0 Å². The van der Waals surface area contributed by atoms with Crippen LogP contribution < -0.4 is 0 Å². The molecule has 1 aromatic carbocycles. The molecule has 0 radical (unpaired) electrons. The number of thiophene rings is 1. The van der Waals surface area contributed by atoms with Crippen molar-refractivity contribution in [1.29, 1.82) is 0 Å². The number of aryl methyl sites for hydroxylation is 3. The molecule has 0 saturated carbocycles. The smallest absolute Gasteiger partial charge is 0.207 e. The normalized spacial score (nSPS) is 12.0. The van der Waals surface area contributed by atoms with Gasteiger partial charge in [-0.05, 0) is 37.5 Å². The number of benzene rings is 1. The predicted octanol–water partition coefficient (Wildman–Crippen LogP) is 3.75. The van der Waals surface area contributed by atoms with Gasteiger partial charge in [0.1, 0.15) is 0 Å². The molecule has 0 spiro atoms. The molecule has 2 rings (SSSR count). The summed E-state index contributed by atoms with van der Waals surface area (Å²) in [5, 5.41) is 0. The molecule has 0 aliphatic carbocycles. The predicted molar refractivity (Wildman–Crippen MR) is 88.3 cm³/mol. The minimum absolute atomic E-state index is 0.390. The fourth-order valence-electron chi connectivity index (χ4n) is 2.25. The molecule has 2 aromatic rings. The molecule has 0 unspecified atom stereocenters. The average Bonchev–Trinajstić information content (AvgIpc) is 2.79. The molecule has 3 nitrogen and oxygen atoms in total. The fraction of sp³-hybridized carbons (Fsp3) is 0.375. The number of nitrogens with zero attached hydrogens (tertiary/aromatic N) is 1. The molecule has 0 bridgehead atoms. The van der Waals surface area contributed by atoms with E-state index in [0.29, 0.717) is 11.4 Å². The van der Waals surface area contributed by atoms with Gasteiger partial charge in [-0.15, -0.1) is 11.3 Å². The van der Waals surface area contributed by atoms with E-state index in [4.69, 9.17) is 0 Å². The summed E-state index contributed by atoms with van der Waals surface area (Å²) in [6.45, 7) is 6.28. The first-order valence-electron chi connectivity index (χ1n) is 6.95. The van der Waals surface area contributed by atoms with Crippen LogP contribution in [0.2, 0.25) is 0 Å². The van der Waals surface area contributed by atoms with Gasteiger partial charge in [0, 0.05) is 23.3 Å². The van der Waals surface area contributed by atoms with Gasteiger partial charge in [0.25, 0.3) is 0 Å². The molecule has 1 aromatic heterocycles. The maximum atomic E-state index is 12.6. The van der Waals surface area contributed by atoms with Gasteiger partial charge < -0.3 is 0 Å². The third-order valence-electron chi connectivity index (χ3n) is 3.52. The minimum Gasteiger partial charge on any atom is -0.207 e. The first-order valence-corrected chi connectivity index (χ1v) is 9.21. The molecule has 0 amide bonds. The van der Waals surface area contributed by atoms with Gasteiger partial charge in [0.15, 0.2) is 0 Å². The number of hydrogen-bond acceptors (Lipinski definition) is 3. The van der Waals surface area contributed by atoms with Crippen molar-refractivity contribution >= 4 is 21.4 Å². The molecular formula is C16H21NO2S2. The van der Waals surface area contributed by atoms with Gasteiger partial charge in [0.2, 0.25) is 10.0 Å². The summed E-state index contributed by atoms with van der Waals surface area (Å²) >= 11 is 1.52. The monoisotopic (exact) mass is 323 g/mol. The quantitative estimate of drug-likeness (QED) is 0.840. The summed E-state index contributed by atoms with van der Waals surface area (Å²) in [5.74, 6) is 0. The van der Waals surface area contributed by atoms with Crippen LogP contribution in [-0.2, 0) is 23.0 Å². The first kappa shape index (κ1) is 16.2. The molecule has 21 heavy (non-hydrogen) atoms. The minimum atomic E-state index is -3.42. The Morgan fingerprint density at radius 3 is 2.14 bits per heavy atom. The van der Waals surface area contributed by atoms with Gasteiger partial charge in [-0.25, -0.2) is 8.42 Å². The highest BCUT2D eigenvalue weighted by Crippen LogP contribution is 2.27. The SMILES string of the molecule is CCc1ccc(CN(C)S(=O)(=O)c2cc(C)sc2C)cc1. The van der Waals surface area contributed by atoms with Crippen LogP contribution in [0.25, 0.3) is 0 Å². The van der Waals surface area contributed by atoms with Crippen LogP contribution in [0.4, 0.5) is 0 Å². The van der Waals surface area contributed by atoms with Gasteiger partial charge in [-0.2, -0.15) is 4.31 Å². The van der Waals surface area contributed by atoms with Crippen LogP contribution in [-0.4, -0.2) is 19.8 Å². The van der Waals surface area contributed by atoms with E-state index in [1.807, 2.05) is 26.0 Å². The summed E-state index contributed by atoms with van der Waals surface area (Å²) in [7, 11) is -1.78. The van der Waals surface area contributed by atoms with E-state index in [-0.39, 0.29) is 0 Å².